The van der Waals surface area contributed by atoms with Crippen LogP contribution in [0.2, 0.25) is 0 Å². The lowest BCUT2D eigenvalue weighted by Gasteiger charge is -2.43. The van der Waals surface area contributed by atoms with E-state index in [0.717, 1.165) is 24.5 Å². The molecule has 0 bridgehead atoms. The molecule has 0 amide bonds. The lowest BCUT2D eigenvalue weighted by Crippen LogP contribution is -2.44. The average Bonchev–Trinajstić information content (AvgIpc) is 2.75. The third-order valence-corrected chi connectivity index (χ3v) is 6.09. The van der Waals surface area contributed by atoms with Crippen molar-refractivity contribution < 1.29 is 4.74 Å². The maximum atomic E-state index is 6.23. The monoisotopic (exact) mass is 265 g/mol. The van der Waals surface area contributed by atoms with Crippen molar-refractivity contribution in [2.75, 3.05) is 13.7 Å². The zero-order chi connectivity index (χ0) is 13.1. The van der Waals surface area contributed by atoms with Crippen LogP contribution in [-0.4, -0.2) is 25.3 Å². The molecule has 1 aliphatic heterocycles. The minimum absolute atomic E-state index is 0.299. The molecule has 0 radical (unpaired) electrons. The van der Waals surface area contributed by atoms with Gasteiger partial charge in [0.2, 0.25) is 0 Å². The SMILES string of the molecule is CNC1CCCCCC1C1CCOC2(CCCC2)C1. The Kier molecular flexibility index (Phi) is 4.48. The van der Waals surface area contributed by atoms with Crippen molar-refractivity contribution in [2.45, 2.75) is 82.3 Å². The van der Waals surface area contributed by atoms with Crippen molar-refractivity contribution in [2.24, 2.45) is 11.8 Å². The van der Waals surface area contributed by atoms with Crippen LogP contribution in [-0.2, 0) is 4.74 Å². The van der Waals surface area contributed by atoms with E-state index in [4.69, 9.17) is 4.74 Å². The Labute approximate surface area is 118 Å². The molecule has 1 N–H and O–H groups in total. The first-order chi connectivity index (χ1) is 9.33. The molecule has 1 spiro atoms. The van der Waals surface area contributed by atoms with Gasteiger partial charge in [-0.3, -0.25) is 0 Å². The van der Waals surface area contributed by atoms with E-state index in [-0.39, 0.29) is 0 Å². The van der Waals surface area contributed by atoms with Gasteiger partial charge < -0.3 is 10.1 Å². The molecule has 3 rings (SSSR count). The van der Waals surface area contributed by atoms with E-state index >= 15 is 0 Å². The molecule has 2 heteroatoms. The smallest absolute Gasteiger partial charge is 0.0685 e. The molecule has 2 nitrogen and oxygen atoms in total. The fourth-order valence-electron chi connectivity index (χ4n) is 5.06. The standard InChI is InChI=1S/C17H31NO/c1-18-16-8-4-2-3-7-15(16)14-9-12-19-17(13-14)10-5-6-11-17/h14-16,18H,2-13H2,1H3. The molecule has 3 fully saturated rings. The molecule has 1 heterocycles. The van der Waals surface area contributed by atoms with Crippen molar-refractivity contribution in [3.8, 4) is 0 Å². The highest BCUT2D eigenvalue weighted by atomic mass is 16.5. The number of hydrogen-bond acceptors (Lipinski definition) is 2. The van der Waals surface area contributed by atoms with Crippen LogP contribution in [0.5, 0.6) is 0 Å². The third kappa shape index (κ3) is 3.00. The molecule has 2 aliphatic carbocycles. The molecule has 110 valence electrons. The first-order valence-corrected chi connectivity index (χ1v) is 8.64. The minimum atomic E-state index is 0.299. The second-order valence-corrected chi connectivity index (χ2v) is 7.19. The quantitative estimate of drug-likeness (QED) is 0.765. The summed E-state index contributed by atoms with van der Waals surface area (Å²) in [6.45, 7) is 1.03. The maximum Gasteiger partial charge on any atom is 0.0685 e. The van der Waals surface area contributed by atoms with Crippen LogP contribution in [0.1, 0.15) is 70.6 Å². The van der Waals surface area contributed by atoms with Gasteiger partial charge in [0.25, 0.3) is 0 Å². The molecule has 0 aromatic heterocycles. The van der Waals surface area contributed by atoms with Crippen LogP contribution < -0.4 is 5.32 Å². The Balaban J connectivity index is 1.68. The number of rotatable bonds is 2. The molecular formula is C17H31NO. The van der Waals surface area contributed by atoms with Crippen LogP contribution >= 0.6 is 0 Å². The van der Waals surface area contributed by atoms with Crippen molar-refractivity contribution in [3.63, 3.8) is 0 Å². The van der Waals surface area contributed by atoms with E-state index in [1.165, 1.54) is 70.6 Å². The summed E-state index contributed by atoms with van der Waals surface area (Å²) in [5, 5.41) is 3.63. The number of nitrogens with one attached hydrogen (secondary N) is 1. The Morgan fingerprint density at radius 3 is 2.53 bits per heavy atom. The largest absolute Gasteiger partial charge is 0.375 e. The van der Waals surface area contributed by atoms with Gasteiger partial charge in [-0.05, 0) is 57.4 Å². The normalized spacial score (nSPS) is 39.3. The Morgan fingerprint density at radius 2 is 1.74 bits per heavy atom. The van der Waals surface area contributed by atoms with Gasteiger partial charge in [0.1, 0.15) is 0 Å². The van der Waals surface area contributed by atoms with E-state index in [9.17, 15) is 0 Å². The van der Waals surface area contributed by atoms with Gasteiger partial charge >= 0.3 is 0 Å². The number of ether oxygens (including phenoxy) is 1. The summed E-state index contributed by atoms with van der Waals surface area (Å²) in [6, 6.07) is 0.768. The molecule has 2 saturated carbocycles. The molecule has 3 aliphatic rings. The molecule has 1 saturated heterocycles. The van der Waals surface area contributed by atoms with Gasteiger partial charge in [-0.15, -0.1) is 0 Å². The predicted octanol–water partition coefficient (Wildman–Crippen LogP) is 3.89. The van der Waals surface area contributed by atoms with Crippen LogP contribution in [0.15, 0.2) is 0 Å². The van der Waals surface area contributed by atoms with Gasteiger partial charge in [0, 0.05) is 12.6 Å². The van der Waals surface area contributed by atoms with Crippen LogP contribution in [0.25, 0.3) is 0 Å². The van der Waals surface area contributed by atoms with Gasteiger partial charge in [-0.25, -0.2) is 0 Å². The predicted molar refractivity (Wildman–Crippen MR) is 79.3 cm³/mol. The molecule has 3 unspecified atom stereocenters. The van der Waals surface area contributed by atoms with Gasteiger partial charge in [-0.2, -0.15) is 0 Å². The van der Waals surface area contributed by atoms with E-state index < -0.39 is 0 Å². The highest BCUT2D eigenvalue weighted by Gasteiger charge is 2.43. The van der Waals surface area contributed by atoms with Crippen molar-refractivity contribution >= 4 is 0 Å². The molecule has 19 heavy (non-hydrogen) atoms. The fraction of sp³-hybridized carbons (Fsp3) is 1.00. The van der Waals surface area contributed by atoms with Gasteiger partial charge in [-0.1, -0.05) is 32.1 Å². The second kappa shape index (κ2) is 6.13. The highest BCUT2D eigenvalue weighted by molar-refractivity contribution is 4.95. The summed E-state index contributed by atoms with van der Waals surface area (Å²) in [7, 11) is 2.17. The summed E-state index contributed by atoms with van der Waals surface area (Å²) in [4.78, 5) is 0. The Hall–Kier alpha value is -0.0800. The summed E-state index contributed by atoms with van der Waals surface area (Å²) in [6.07, 6.45) is 15.3. The lowest BCUT2D eigenvalue weighted by atomic mass is 9.73. The maximum absolute atomic E-state index is 6.23. The van der Waals surface area contributed by atoms with Gasteiger partial charge in [0.15, 0.2) is 0 Å². The summed E-state index contributed by atoms with van der Waals surface area (Å²) < 4.78 is 6.23. The molecular weight excluding hydrogens is 234 g/mol. The topological polar surface area (TPSA) is 21.3 Å². The van der Waals surface area contributed by atoms with Crippen LogP contribution in [0, 0.1) is 11.8 Å². The van der Waals surface area contributed by atoms with Crippen molar-refractivity contribution in [1.82, 2.24) is 5.32 Å². The first kappa shape index (κ1) is 13.9. The molecule has 0 aromatic rings. The van der Waals surface area contributed by atoms with Crippen LogP contribution in [0.3, 0.4) is 0 Å². The summed E-state index contributed by atoms with van der Waals surface area (Å²) in [5.41, 5.74) is 0.299. The molecule has 0 aromatic carbocycles. The zero-order valence-corrected chi connectivity index (χ0v) is 12.6. The van der Waals surface area contributed by atoms with E-state index in [1.807, 2.05) is 0 Å². The summed E-state index contributed by atoms with van der Waals surface area (Å²) >= 11 is 0. The van der Waals surface area contributed by atoms with E-state index in [0.29, 0.717) is 5.60 Å². The number of hydrogen-bond donors (Lipinski definition) is 1. The van der Waals surface area contributed by atoms with Crippen molar-refractivity contribution in [3.05, 3.63) is 0 Å². The lowest BCUT2D eigenvalue weighted by molar-refractivity contribution is -0.104. The van der Waals surface area contributed by atoms with Gasteiger partial charge in [0.05, 0.1) is 5.60 Å². The Morgan fingerprint density at radius 1 is 0.947 bits per heavy atom. The minimum Gasteiger partial charge on any atom is -0.375 e. The third-order valence-electron chi connectivity index (χ3n) is 6.09. The molecule has 3 atom stereocenters. The van der Waals surface area contributed by atoms with E-state index in [2.05, 4.69) is 12.4 Å². The first-order valence-electron chi connectivity index (χ1n) is 8.64. The van der Waals surface area contributed by atoms with E-state index in [1.54, 1.807) is 0 Å². The average molecular weight is 265 g/mol. The zero-order valence-electron chi connectivity index (χ0n) is 12.6. The second-order valence-electron chi connectivity index (χ2n) is 7.19. The Bertz CT molecular complexity index is 285. The van der Waals surface area contributed by atoms with Crippen molar-refractivity contribution in [1.29, 1.82) is 0 Å². The highest BCUT2D eigenvalue weighted by Crippen LogP contribution is 2.46. The van der Waals surface area contributed by atoms with Crippen LogP contribution in [0.4, 0.5) is 0 Å². The fourth-order valence-corrected chi connectivity index (χ4v) is 5.06. The summed E-state index contributed by atoms with van der Waals surface area (Å²) in [5.74, 6) is 1.83.